The van der Waals surface area contributed by atoms with Gasteiger partial charge in [0.2, 0.25) is 0 Å². The molecular weight excluding hydrogens is 364 g/mol. The first-order valence-corrected chi connectivity index (χ1v) is 9.47. The zero-order chi connectivity index (χ0) is 20.7. The first kappa shape index (κ1) is 18.7. The largest absolute Gasteiger partial charge is 0.477 e. The Morgan fingerprint density at radius 3 is 2.45 bits per heavy atom. The zero-order valence-electron chi connectivity index (χ0n) is 16.6. The summed E-state index contributed by atoms with van der Waals surface area (Å²) in [6.45, 7) is 6.44. The maximum atomic E-state index is 12.5. The quantitative estimate of drug-likeness (QED) is 0.535. The first-order chi connectivity index (χ1) is 13.9. The SMILES string of the molecule is Cc1ccc(Cn2c(C(=O)O)c(-c3ccc[nH]c3=O)c3cc(C)ccc32)c(C)c1. The highest BCUT2D eigenvalue weighted by molar-refractivity contribution is 6.08. The van der Waals surface area contributed by atoms with Crippen LogP contribution >= 0.6 is 0 Å². The lowest BCUT2D eigenvalue weighted by molar-refractivity contribution is 0.0687. The van der Waals surface area contributed by atoms with Gasteiger partial charge in [-0.05, 0) is 56.2 Å². The van der Waals surface area contributed by atoms with Gasteiger partial charge in [0, 0.05) is 34.8 Å². The van der Waals surface area contributed by atoms with Crippen molar-refractivity contribution < 1.29 is 9.90 Å². The van der Waals surface area contributed by atoms with Crippen molar-refractivity contribution in [1.29, 1.82) is 0 Å². The molecule has 29 heavy (non-hydrogen) atoms. The van der Waals surface area contributed by atoms with Crippen LogP contribution < -0.4 is 5.56 Å². The molecule has 0 amide bonds. The third kappa shape index (κ3) is 3.25. The van der Waals surface area contributed by atoms with Gasteiger partial charge in [0.15, 0.2) is 0 Å². The van der Waals surface area contributed by atoms with Gasteiger partial charge in [-0.3, -0.25) is 4.79 Å². The molecule has 0 aliphatic carbocycles. The Morgan fingerprint density at radius 2 is 1.76 bits per heavy atom. The van der Waals surface area contributed by atoms with Crippen molar-refractivity contribution in [2.24, 2.45) is 0 Å². The van der Waals surface area contributed by atoms with Crippen LogP contribution in [0, 0.1) is 20.8 Å². The summed E-state index contributed by atoms with van der Waals surface area (Å²) in [6.07, 6.45) is 1.55. The van der Waals surface area contributed by atoms with Crippen LogP contribution in [0.2, 0.25) is 0 Å². The molecule has 0 aliphatic heterocycles. The highest BCUT2D eigenvalue weighted by Crippen LogP contribution is 2.35. The number of H-pyrrole nitrogens is 1. The van der Waals surface area contributed by atoms with Crippen molar-refractivity contribution in [1.82, 2.24) is 9.55 Å². The molecule has 146 valence electrons. The molecule has 0 atom stereocenters. The summed E-state index contributed by atoms with van der Waals surface area (Å²) < 4.78 is 1.80. The molecule has 0 saturated heterocycles. The average Bonchev–Trinajstić information content (AvgIpc) is 2.98. The molecular formula is C24H22N2O3. The lowest BCUT2D eigenvalue weighted by Crippen LogP contribution is -2.14. The van der Waals surface area contributed by atoms with Crippen LogP contribution in [0.4, 0.5) is 0 Å². The predicted molar refractivity (Wildman–Crippen MR) is 115 cm³/mol. The Morgan fingerprint density at radius 1 is 1.03 bits per heavy atom. The molecule has 0 bridgehead atoms. The minimum absolute atomic E-state index is 0.127. The highest BCUT2D eigenvalue weighted by atomic mass is 16.4. The van der Waals surface area contributed by atoms with Crippen LogP contribution in [0.15, 0.2) is 59.5 Å². The van der Waals surface area contributed by atoms with E-state index >= 15 is 0 Å². The predicted octanol–water partition coefficient (Wildman–Crippen LogP) is 4.67. The number of nitrogens with zero attached hydrogens (tertiary/aromatic N) is 1. The van der Waals surface area contributed by atoms with E-state index in [4.69, 9.17) is 0 Å². The van der Waals surface area contributed by atoms with Crippen molar-refractivity contribution in [3.63, 3.8) is 0 Å². The van der Waals surface area contributed by atoms with Gasteiger partial charge in [-0.2, -0.15) is 0 Å². The van der Waals surface area contributed by atoms with E-state index in [1.807, 2.05) is 51.1 Å². The van der Waals surface area contributed by atoms with Gasteiger partial charge in [0.1, 0.15) is 5.69 Å². The van der Waals surface area contributed by atoms with E-state index in [2.05, 4.69) is 11.1 Å². The summed E-state index contributed by atoms with van der Waals surface area (Å²) in [4.78, 5) is 27.6. The number of rotatable bonds is 4. The molecule has 2 aromatic heterocycles. The molecule has 0 radical (unpaired) electrons. The van der Waals surface area contributed by atoms with E-state index in [-0.39, 0.29) is 11.3 Å². The topological polar surface area (TPSA) is 75.1 Å². The minimum Gasteiger partial charge on any atom is -0.477 e. The van der Waals surface area contributed by atoms with Gasteiger partial charge < -0.3 is 14.7 Å². The number of aryl methyl sites for hydroxylation is 3. The van der Waals surface area contributed by atoms with E-state index in [0.29, 0.717) is 17.7 Å². The van der Waals surface area contributed by atoms with Gasteiger partial charge >= 0.3 is 5.97 Å². The molecule has 5 heteroatoms. The molecule has 4 aromatic rings. The number of fused-ring (bicyclic) bond motifs is 1. The van der Waals surface area contributed by atoms with E-state index in [0.717, 1.165) is 33.2 Å². The monoisotopic (exact) mass is 386 g/mol. The number of aromatic carboxylic acids is 1. The highest BCUT2D eigenvalue weighted by Gasteiger charge is 2.25. The molecule has 2 aromatic carbocycles. The summed E-state index contributed by atoms with van der Waals surface area (Å²) in [7, 11) is 0. The standard InChI is InChI=1S/C24H22N2O3/c1-14-6-8-17(16(3)11-14)13-26-20-9-7-15(2)12-19(20)21(22(26)24(28)29)18-5-4-10-25-23(18)27/h4-12H,13H2,1-3H3,(H,25,27)(H,28,29). The van der Waals surface area contributed by atoms with Crippen LogP contribution in [0.25, 0.3) is 22.0 Å². The van der Waals surface area contributed by atoms with Gasteiger partial charge in [-0.25, -0.2) is 4.79 Å². The van der Waals surface area contributed by atoms with Gasteiger partial charge in [-0.15, -0.1) is 0 Å². The van der Waals surface area contributed by atoms with E-state index < -0.39 is 5.97 Å². The van der Waals surface area contributed by atoms with Crippen molar-refractivity contribution in [3.05, 3.63) is 93.0 Å². The molecule has 5 nitrogen and oxygen atoms in total. The second kappa shape index (κ2) is 7.09. The summed E-state index contributed by atoms with van der Waals surface area (Å²) in [5, 5.41) is 10.9. The molecule has 0 spiro atoms. The van der Waals surface area contributed by atoms with E-state index in [1.54, 1.807) is 22.9 Å². The number of carbonyl (C=O) groups is 1. The molecule has 0 unspecified atom stereocenters. The fourth-order valence-electron chi connectivity index (χ4n) is 3.94. The maximum absolute atomic E-state index is 12.5. The number of benzene rings is 2. The summed E-state index contributed by atoms with van der Waals surface area (Å²) in [5.41, 5.74) is 5.76. The van der Waals surface area contributed by atoms with Crippen LogP contribution in [0.5, 0.6) is 0 Å². The molecule has 2 heterocycles. The Kier molecular flexibility index (Phi) is 4.59. The smallest absolute Gasteiger partial charge is 0.353 e. The Hall–Kier alpha value is -3.60. The van der Waals surface area contributed by atoms with Crippen molar-refractivity contribution >= 4 is 16.9 Å². The van der Waals surface area contributed by atoms with Gasteiger partial charge in [0.05, 0.1) is 0 Å². The number of hydrogen-bond acceptors (Lipinski definition) is 2. The fraction of sp³-hybridized carbons (Fsp3) is 0.167. The maximum Gasteiger partial charge on any atom is 0.353 e. The fourth-order valence-corrected chi connectivity index (χ4v) is 3.94. The van der Waals surface area contributed by atoms with Crippen molar-refractivity contribution in [2.75, 3.05) is 0 Å². The minimum atomic E-state index is -1.05. The van der Waals surface area contributed by atoms with Crippen molar-refractivity contribution in [3.8, 4) is 11.1 Å². The second-order valence-corrected chi connectivity index (χ2v) is 7.48. The van der Waals surface area contributed by atoms with Crippen LogP contribution in [0.1, 0.15) is 32.7 Å². The summed E-state index contributed by atoms with van der Waals surface area (Å²) >= 11 is 0. The molecule has 0 fully saturated rings. The summed E-state index contributed by atoms with van der Waals surface area (Å²) in [6, 6.07) is 15.4. The molecule has 4 rings (SSSR count). The molecule has 0 aliphatic rings. The normalized spacial score (nSPS) is 11.1. The number of carboxylic acids is 1. The van der Waals surface area contributed by atoms with Crippen LogP contribution in [-0.2, 0) is 6.54 Å². The molecule has 0 saturated carbocycles. The van der Waals surface area contributed by atoms with Gasteiger partial charge in [0.25, 0.3) is 5.56 Å². The third-order valence-corrected chi connectivity index (χ3v) is 5.34. The molecule has 2 N–H and O–H groups in total. The first-order valence-electron chi connectivity index (χ1n) is 9.47. The lowest BCUT2D eigenvalue weighted by atomic mass is 10.0. The van der Waals surface area contributed by atoms with Crippen LogP contribution in [-0.4, -0.2) is 20.6 Å². The number of hydrogen-bond donors (Lipinski definition) is 2. The lowest BCUT2D eigenvalue weighted by Gasteiger charge is -2.12. The second-order valence-electron chi connectivity index (χ2n) is 7.48. The van der Waals surface area contributed by atoms with Crippen LogP contribution in [0.3, 0.4) is 0 Å². The van der Waals surface area contributed by atoms with E-state index in [1.165, 1.54) is 0 Å². The zero-order valence-corrected chi connectivity index (χ0v) is 16.6. The number of aromatic nitrogens is 2. The van der Waals surface area contributed by atoms with Crippen molar-refractivity contribution in [2.45, 2.75) is 27.3 Å². The Balaban J connectivity index is 2.07. The number of pyridine rings is 1. The van der Waals surface area contributed by atoms with E-state index in [9.17, 15) is 14.7 Å². The average molecular weight is 386 g/mol. The van der Waals surface area contributed by atoms with Gasteiger partial charge in [-0.1, -0.05) is 35.4 Å². The number of carboxylic acid groups (broad SMARTS) is 1. The third-order valence-electron chi connectivity index (χ3n) is 5.34. The Bertz CT molecular complexity index is 1310. The number of aromatic amines is 1. The summed E-state index contributed by atoms with van der Waals surface area (Å²) in [5.74, 6) is -1.05. The number of nitrogens with one attached hydrogen (secondary N) is 1. The Labute approximate surface area is 168 Å².